The number of methoxy groups -OCH3 is 1. The van der Waals surface area contributed by atoms with Gasteiger partial charge in [-0.15, -0.1) is 0 Å². The first kappa shape index (κ1) is 13.1. The zero-order valence-corrected chi connectivity index (χ0v) is 11.8. The minimum atomic E-state index is -3.16. The van der Waals surface area contributed by atoms with E-state index in [1.54, 1.807) is 17.6 Å². The van der Waals surface area contributed by atoms with Gasteiger partial charge in [0.05, 0.1) is 18.4 Å². The monoisotopic (exact) mass is 285 g/mol. The topological polar surface area (TPSA) is 64.4 Å². The summed E-state index contributed by atoms with van der Waals surface area (Å²) in [5, 5.41) is -0.169. The third-order valence-corrected chi connectivity index (χ3v) is 6.06. The van der Waals surface area contributed by atoms with E-state index in [0.717, 1.165) is 25.2 Å². The highest BCUT2D eigenvalue weighted by molar-refractivity contribution is 7.90. The molecule has 19 heavy (non-hydrogen) atoms. The molecule has 6 nitrogen and oxygen atoms in total. The van der Waals surface area contributed by atoms with Crippen LogP contribution < -0.4 is 0 Å². The highest BCUT2D eigenvalue weighted by Crippen LogP contribution is 2.33. The van der Waals surface area contributed by atoms with Crippen LogP contribution in [0.25, 0.3) is 0 Å². The Bertz CT molecular complexity index is 550. The maximum Gasteiger partial charge on any atom is 0.217 e. The summed E-state index contributed by atoms with van der Waals surface area (Å²) in [6.45, 7) is 2.23. The molecule has 2 heterocycles. The van der Waals surface area contributed by atoms with Crippen molar-refractivity contribution in [2.75, 3.05) is 20.3 Å². The molecule has 3 rings (SSSR count). The third kappa shape index (κ3) is 2.54. The van der Waals surface area contributed by atoms with Gasteiger partial charge in [-0.25, -0.2) is 13.4 Å². The minimum absolute atomic E-state index is 0.169. The minimum Gasteiger partial charge on any atom is -0.384 e. The van der Waals surface area contributed by atoms with Crippen molar-refractivity contribution in [3.05, 3.63) is 18.2 Å². The van der Waals surface area contributed by atoms with Gasteiger partial charge in [0, 0.05) is 38.5 Å². The number of rotatable bonds is 4. The Morgan fingerprint density at radius 3 is 2.89 bits per heavy atom. The number of fused-ring (bicyclic) bond motifs is 1. The Kier molecular flexibility index (Phi) is 3.36. The van der Waals surface area contributed by atoms with Gasteiger partial charge in [0.1, 0.15) is 5.82 Å². The number of sulfonamides is 1. The van der Waals surface area contributed by atoms with E-state index in [4.69, 9.17) is 4.74 Å². The van der Waals surface area contributed by atoms with Crippen LogP contribution in [0.1, 0.15) is 18.7 Å². The normalized spacial score (nSPS) is 25.0. The zero-order chi connectivity index (χ0) is 13.5. The number of hydrogen-bond donors (Lipinski definition) is 0. The van der Waals surface area contributed by atoms with Crippen LogP contribution in [0, 0.1) is 5.92 Å². The average molecular weight is 285 g/mol. The Morgan fingerprint density at radius 2 is 2.21 bits per heavy atom. The van der Waals surface area contributed by atoms with E-state index < -0.39 is 10.0 Å². The van der Waals surface area contributed by atoms with Crippen molar-refractivity contribution in [3.8, 4) is 0 Å². The molecule has 106 valence electrons. The number of hydrogen-bond acceptors (Lipinski definition) is 4. The smallest absolute Gasteiger partial charge is 0.217 e. The highest BCUT2D eigenvalue weighted by Gasteiger charge is 2.41. The van der Waals surface area contributed by atoms with Gasteiger partial charge in [-0.3, -0.25) is 0 Å². The van der Waals surface area contributed by atoms with Crippen molar-refractivity contribution >= 4 is 10.0 Å². The molecule has 0 aromatic carbocycles. The van der Waals surface area contributed by atoms with E-state index in [1.165, 1.54) is 0 Å². The van der Waals surface area contributed by atoms with Crippen LogP contribution in [0.5, 0.6) is 0 Å². The predicted octanol–water partition coefficient (Wildman–Crippen LogP) is 0.453. The molecule has 0 radical (unpaired) electrons. The lowest BCUT2D eigenvalue weighted by Gasteiger charge is -2.22. The number of nitrogens with zero attached hydrogens (tertiary/aromatic N) is 3. The molecule has 7 heteroatoms. The van der Waals surface area contributed by atoms with Crippen molar-refractivity contribution in [2.45, 2.75) is 31.2 Å². The molecule has 0 saturated heterocycles. The summed E-state index contributed by atoms with van der Waals surface area (Å²) in [4.78, 5) is 4.27. The van der Waals surface area contributed by atoms with Crippen molar-refractivity contribution in [3.63, 3.8) is 0 Å². The Labute approximate surface area is 113 Å². The largest absolute Gasteiger partial charge is 0.384 e. The summed E-state index contributed by atoms with van der Waals surface area (Å²) in [5.41, 5.74) is 0. The third-order valence-electron chi connectivity index (χ3n) is 3.74. The molecule has 1 aliphatic carbocycles. The van der Waals surface area contributed by atoms with Crippen molar-refractivity contribution in [1.82, 2.24) is 13.9 Å². The lowest BCUT2D eigenvalue weighted by Crippen LogP contribution is -2.37. The molecule has 0 unspecified atom stereocenters. The molecule has 1 fully saturated rings. The second-order valence-electron chi connectivity index (χ2n) is 5.35. The summed E-state index contributed by atoms with van der Waals surface area (Å²) < 4.78 is 33.7. The van der Waals surface area contributed by atoms with Crippen molar-refractivity contribution in [1.29, 1.82) is 0 Å². The van der Waals surface area contributed by atoms with Crippen LogP contribution in [0.3, 0.4) is 0 Å². The Hall–Kier alpha value is -0.920. The first-order chi connectivity index (χ1) is 9.11. The van der Waals surface area contributed by atoms with E-state index in [-0.39, 0.29) is 11.2 Å². The van der Waals surface area contributed by atoms with Crippen LogP contribution in [-0.4, -0.2) is 47.8 Å². The fourth-order valence-electron chi connectivity index (χ4n) is 2.62. The summed E-state index contributed by atoms with van der Waals surface area (Å²) in [5.74, 6) is 0.997. The molecule has 0 amide bonds. The Balaban J connectivity index is 1.88. The van der Waals surface area contributed by atoms with Crippen LogP contribution in [0.4, 0.5) is 0 Å². The van der Waals surface area contributed by atoms with Gasteiger partial charge in [-0.05, 0) is 12.8 Å². The van der Waals surface area contributed by atoms with Gasteiger partial charge >= 0.3 is 0 Å². The van der Waals surface area contributed by atoms with Gasteiger partial charge in [-0.2, -0.15) is 4.31 Å². The molecular formula is C12H19N3O3S. The molecule has 1 aliphatic heterocycles. The maximum atomic E-state index is 12.4. The van der Waals surface area contributed by atoms with Gasteiger partial charge in [0.25, 0.3) is 0 Å². The fraction of sp³-hybridized carbons (Fsp3) is 0.750. The number of ether oxygens (including phenoxy) is 1. The molecule has 2 aliphatic rings. The number of aromatic nitrogens is 2. The van der Waals surface area contributed by atoms with Crippen molar-refractivity contribution in [2.24, 2.45) is 5.92 Å². The first-order valence-electron chi connectivity index (χ1n) is 6.59. The van der Waals surface area contributed by atoms with Crippen LogP contribution in [-0.2, 0) is 27.8 Å². The lowest BCUT2D eigenvalue weighted by atomic mass is 10.1. The van der Waals surface area contributed by atoms with E-state index in [2.05, 4.69) is 4.98 Å². The standard InChI is InChI=1S/C12H19N3O3S/c1-18-9-10-6-14-5-4-13-12(14)8-15(7-10)19(16,17)11-2-3-11/h4-5,10-11H,2-3,6-9H2,1H3/t10-/m1/s1. The van der Waals surface area contributed by atoms with E-state index in [9.17, 15) is 8.42 Å². The van der Waals surface area contributed by atoms with Crippen molar-refractivity contribution < 1.29 is 13.2 Å². The van der Waals surface area contributed by atoms with Crippen LogP contribution >= 0.6 is 0 Å². The molecular weight excluding hydrogens is 266 g/mol. The SMILES string of the molecule is COC[C@H]1CN(S(=O)(=O)C2CC2)Cc2nccn2C1. The molecule has 0 spiro atoms. The summed E-state index contributed by atoms with van der Waals surface area (Å²) in [7, 11) is -1.51. The quantitative estimate of drug-likeness (QED) is 0.806. The number of imidazole rings is 1. The summed E-state index contributed by atoms with van der Waals surface area (Å²) in [6, 6.07) is 0. The highest BCUT2D eigenvalue weighted by atomic mass is 32.2. The second-order valence-corrected chi connectivity index (χ2v) is 7.57. The Morgan fingerprint density at radius 1 is 1.42 bits per heavy atom. The molecule has 1 saturated carbocycles. The first-order valence-corrected chi connectivity index (χ1v) is 8.09. The van der Waals surface area contributed by atoms with Gasteiger partial charge in [0.15, 0.2) is 0 Å². The summed E-state index contributed by atoms with van der Waals surface area (Å²) in [6.07, 6.45) is 5.22. The molecule has 0 N–H and O–H groups in total. The summed E-state index contributed by atoms with van der Waals surface area (Å²) >= 11 is 0. The van der Waals surface area contributed by atoms with Gasteiger partial charge in [0.2, 0.25) is 10.0 Å². The molecule has 1 aromatic rings. The lowest BCUT2D eigenvalue weighted by molar-refractivity contribution is 0.135. The van der Waals surface area contributed by atoms with E-state index >= 15 is 0 Å². The second kappa shape index (κ2) is 4.88. The zero-order valence-electron chi connectivity index (χ0n) is 11.0. The van der Waals surface area contributed by atoms with E-state index in [0.29, 0.717) is 19.7 Å². The van der Waals surface area contributed by atoms with E-state index in [1.807, 2.05) is 10.8 Å². The fourth-order valence-corrected chi connectivity index (χ4v) is 4.48. The predicted molar refractivity (Wildman–Crippen MR) is 69.9 cm³/mol. The van der Waals surface area contributed by atoms with Crippen LogP contribution in [0.15, 0.2) is 12.4 Å². The average Bonchev–Trinajstić information content (AvgIpc) is 3.15. The molecule has 1 atom stereocenters. The van der Waals surface area contributed by atoms with Crippen LogP contribution in [0.2, 0.25) is 0 Å². The maximum absolute atomic E-state index is 12.4. The molecule has 1 aromatic heterocycles. The van der Waals surface area contributed by atoms with Gasteiger partial charge in [-0.1, -0.05) is 0 Å². The molecule has 0 bridgehead atoms. The van der Waals surface area contributed by atoms with Gasteiger partial charge < -0.3 is 9.30 Å².